The molecule has 3 rings (SSSR count). The van der Waals surface area contributed by atoms with Crippen LogP contribution in [0.3, 0.4) is 0 Å². The Morgan fingerprint density at radius 1 is 1.42 bits per heavy atom. The van der Waals surface area contributed by atoms with Gasteiger partial charge in [-0.3, -0.25) is 4.79 Å². The average molecular weight is 336 g/mol. The van der Waals surface area contributed by atoms with E-state index in [-0.39, 0.29) is 11.5 Å². The lowest BCUT2D eigenvalue weighted by Crippen LogP contribution is -2.63. The first-order valence-electron chi connectivity index (χ1n) is 8.58. The molecular weight excluding hydrogens is 308 g/mol. The first-order valence-corrected chi connectivity index (χ1v) is 8.58. The van der Waals surface area contributed by atoms with Gasteiger partial charge >= 0.3 is 0 Å². The highest BCUT2D eigenvalue weighted by molar-refractivity contribution is 5.96. The molecule has 1 atom stereocenters. The van der Waals surface area contributed by atoms with Crippen LogP contribution in [0.4, 0.5) is 0 Å². The molecule has 2 saturated heterocycles. The second-order valence-corrected chi connectivity index (χ2v) is 7.59. The summed E-state index contributed by atoms with van der Waals surface area (Å²) in [5.41, 5.74) is 1.76. The van der Waals surface area contributed by atoms with Gasteiger partial charge < -0.3 is 24.0 Å². The van der Waals surface area contributed by atoms with Crippen molar-refractivity contribution in [1.29, 1.82) is 0 Å². The van der Waals surface area contributed by atoms with E-state index in [4.69, 9.17) is 9.47 Å². The molecule has 0 bridgehead atoms. The highest BCUT2D eigenvalue weighted by Gasteiger charge is 2.54. The maximum absolute atomic E-state index is 12.8. The molecule has 1 aromatic heterocycles. The smallest absolute Gasteiger partial charge is 0.255 e. The van der Waals surface area contributed by atoms with Crippen LogP contribution in [0.5, 0.6) is 0 Å². The van der Waals surface area contributed by atoms with Crippen molar-refractivity contribution in [3.63, 3.8) is 0 Å². The topological polar surface area (TPSA) is 63.9 Å². The Kier molecular flexibility index (Phi) is 4.49. The molecule has 1 amide bonds. The van der Waals surface area contributed by atoms with Gasteiger partial charge in [-0.05, 0) is 33.3 Å². The fourth-order valence-electron chi connectivity index (χ4n) is 4.00. The third-order valence-corrected chi connectivity index (χ3v) is 5.17. The number of aliphatic hydroxyl groups is 1. The second kappa shape index (κ2) is 6.17. The number of rotatable bonds is 5. The Hall–Kier alpha value is -1.37. The molecule has 0 radical (unpaired) electrons. The first-order chi connectivity index (χ1) is 11.3. The highest BCUT2D eigenvalue weighted by atomic mass is 16.5. The van der Waals surface area contributed by atoms with Gasteiger partial charge in [0.2, 0.25) is 0 Å². The number of hydrogen-bond acceptors (Lipinski definition) is 4. The SMILES string of the molecule is COCCCn1c(C)cc(C(=O)N2CC3(C2)CC(C)(O)CO3)c1C. The molecule has 2 fully saturated rings. The minimum Gasteiger partial charge on any atom is -0.388 e. The predicted molar refractivity (Wildman–Crippen MR) is 90.2 cm³/mol. The van der Waals surface area contributed by atoms with E-state index < -0.39 is 5.60 Å². The van der Waals surface area contributed by atoms with Gasteiger partial charge in [0.25, 0.3) is 5.91 Å². The molecule has 3 heterocycles. The zero-order chi connectivity index (χ0) is 17.5. The number of ether oxygens (including phenoxy) is 2. The minimum absolute atomic E-state index is 0.0573. The largest absolute Gasteiger partial charge is 0.388 e. The summed E-state index contributed by atoms with van der Waals surface area (Å²) in [6, 6.07) is 1.97. The number of hydrogen-bond donors (Lipinski definition) is 1. The summed E-state index contributed by atoms with van der Waals surface area (Å²) in [5, 5.41) is 10.1. The van der Waals surface area contributed by atoms with Crippen molar-refractivity contribution in [2.45, 2.75) is 51.4 Å². The summed E-state index contributed by atoms with van der Waals surface area (Å²) >= 11 is 0. The fraction of sp³-hybridized carbons (Fsp3) is 0.722. The zero-order valence-corrected chi connectivity index (χ0v) is 15.1. The lowest BCUT2D eigenvalue weighted by Gasteiger charge is -2.47. The van der Waals surface area contributed by atoms with Gasteiger partial charge in [-0.15, -0.1) is 0 Å². The van der Waals surface area contributed by atoms with Crippen molar-refractivity contribution < 1.29 is 19.4 Å². The molecule has 1 aromatic rings. The standard InChI is InChI=1S/C18H28N2O4/c1-13-8-15(14(2)20(13)6-5-7-23-4)16(21)19-10-18(11-19)9-17(3,22)12-24-18/h8,22H,5-7,9-12H2,1-4H3. The summed E-state index contributed by atoms with van der Waals surface area (Å²) in [4.78, 5) is 14.6. The Morgan fingerprint density at radius 2 is 2.12 bits per heavy atom. The molecule has 0 aliphatic carbocycles. The monoisotopic (exact) mass is 336 g/mol. The molecule has 6 nitrogen and oxygen atoms in total. The first kappa shape index (κ1) is 17.5. The number of carbonyl (C=O) groups excluding carboxylic acids is 1. The van der Waals surface area contributed by atoms with E-state index in [0.29, 0.717) is 32.7 Å². The second-order valence-electron chi connectivity index (χ2n) is 7.59. The summed E-state index contributed by atoms with van der Waals surface area (Å²) in [7, 11) is 1.70. The van der Waals surface area contributed by atoms with E-state index in [1.54, 1.807) is 14.0 Å². The molecule has 0 saturated carbocycles. The number of amides is 1. The summed E-state index contributed by atoms with van der Waals surface area (Å²) in [5.74, 6) is 0.0573. The van der Waals surface area contributed by atoms with Gasteiger partial charge in [0.05, 0.1) is 30.9 Å². The van der Waals surface area contributed by atoms with Crippen LogP contribution in [0.1, 0.15) is 41.5 Å². The Balaban J connectivity index is 1.66. The van der Waals surface area contributed by atoms with Gasteiger partial charge in [0.15, 0.2) is 0 Å². The third kappa shape index (κ3) is 3.10. The number of aromatic nitrogens is 1. The molecule has 2 aliphatic heterocycles. The number of likely N-dealkylation sites (tertiary alicyclic amines) is 1. The predicted octanol–water partition coefficient (Wildman–Crippen LogP) is 1.51. The maximum Gasteiger partial charge on any atom is 0.255 e. The van der Waals surface area contributed by atoms with E-state index in [1.165, 1.54) is 0 Å². The van der Waals surface area contributed by atoms with E-state index >= 15 is 0 Å². The van der Waals surface area contributed by atoms with Crippen molar-refractivity contribution in [3.05, 3.63) is 23.0 Å². The number of carbonyl (C=O) groups is 1. The number of methoxy groups -OCH3 is 1. The van der Waals surface area contributed by atoms with Crippen LogP contribution in [0.2, 0.25) is 0 Å². The quantitative estimate of drug-likeness (QED) is 0.828. The van der Waals surface area contributed by atoms with Crippen LogP contribution in [0, 0.1) is 13.8 Å². The number of nitrogens with zero attached hydrogens (tertiary/aromatic N) is 2. The molecule has 134 valence electrons. The average Bonchev–Trinajstić information content (AvgIpc) is 2.96. The molecule has 0 aromatic carbocycles. The van der Waals surface area contributed by atoms with Crippen molar-refractivity contribution in [2.24, 2.45) is 0 Å². The van der Waals surface area contributed by atoms with E-state index in [1.807, 2.05) is 24.8 Å². The van der Waals surface area contributed by atoms with E-state index in [2.05, 4.69) is 4.57 Å². The summed E-state index contributed by atoms with van der Waals surface area (Å²) in [6.07, 6.45) is 1.52. The van der Waals surface area contributed by atoms with Crippen molar-refractivity contribution in [2.75, 3.05) is 33.4 Å². The van der Waals surface area contributed by atoms with Crippen LogP contribution in [0.15, 0.2) is 6.07 Å². The Labute approximate surface area is 143 Å². The van der Waals surface area contributed by atoms with Gasteiger partial charge in [0, 0.05) is 38.1 Å². The van der Waals surface area contributed by atoms with E-state index in [9.17, 15) is 9.90 Å². The lowest BCUT2D eigenvalue weighted by molar-refractivity contribution is -0.0954. The van der Waals surface area contributed by atoms with Crippen molar-refractivity contribution in [3.8, 4) is 0 Å². The van der Waals surface area contributed by atoms with Gasteiger partial charge in [0.1, 0.15) is 5.60 Å². The molecule has 1 spiro atoms. The summed E-state index contributed by atoms with van der Waals surface area (Å²) < 4.78 is 13.1. The van der Waals surface area contributed by atoms with E-state index in [0.717, 1.165) is 29.9 Å². The van der Waals surface area contributed by atoms with Crippen LogP contribution in [-0.2, 0) is 16.0 Å². The van der Waals surface area contributed by atoms with Crippen LogP contribution >= 0.6 is 0 Å². The molecule has 24 heavy (non-hydrogen) atoms. The fourth-order valence-corrected chi connectivity index (χ4v) is 4.00. The molecule has 6 heteroatoms. The highest BCUT2D eigenvalue weighted by Crippen LogP contribution is 2.40. The normalized spacial score (nSPS) is 25.3. The van der Waals surface area contributed by atoms with Gasteiger partial charge in [-0.2, -0.15) is 0 Å². The summed E-state index contributed by atoms with van der Waals surface area (Å²) in [6.45, 7) is 8.87. The van der Waals surface area contributed by atoms with Gasteiger partial charge in [-0.25, -0.2) is 0 Å². The van der Waals surface area contributed by atoms with Crippen LogP contribution in [-0.4, -0.2) is 65.1 Å². The molecule has 1 unspecified atom stereocenters. The lowest BCUT2D eigenvalue weighted by atomic mass is 9.85. The van der Waals surface area contributed by atoms with Crippen LogP contribution < -0.4 is 0 Å². The Morgan fingerprint density at radius 3 is 2.71 bits per heavy atom. The molecule has 2 aliphatic rings. The minimum atomic E-state index is -0.772. The maximum atomic E-state index is 12.8. The zero-order valence-electron chi connectivity index (χ0n) is 15.1. The van der Waals surface area contributed by atoms with Crippen molar-refractivity contribution in [1.82, 2.24) is 9.47 Å². The Bertz CT molecular complexity index is 629. The molecule has 1 N–H and O–H groups in total. The number of aryl methyl sites for hydroxylation is 1. The van der Waals surface area contributed by atoms with Gasteiger partial charge in [-0.1, -0.05) is 0 Å². The van der Waals surface area contributed by atoms with Crippen molar-refractivity contribution >= 4 is 5.91 Å². The van der Waals surface area contributed by atoms with Crippen LogP contribution in [0.25, 0.3) is 0 Å². The third-order valence-electron chi connectivity index (χ3n) is 5.17. The molecular formula is C18H28N2O4.